The number of hydrogen-bond donors (Lipinski definition) is 1. The van der Waals surface area contributed by atoms with Crippen LogP contribution in [-0.2, 0) is 19.5 Å². The van der Waals surface area contributed by atoms with Crippen LogP contribution in [0.2, 0.25) is 0 Å². The predicted molar refractivity (Wildman–Crippen MR) is 102 cm³/mol. The van der Waals surface area contributed by atoms with Gasteiger partial charge >= 0.3 is 0 Å². The SMILES string of the molecule is O=C(Nc1ccn(CCc2ccncc2)n1)c1cnn(CC2CCCC2)c1. The van der Waals surface area contributed by atoms with Crippen molar-refractivity contribution in [2.24, 2.45) is 5.92 Å². The molecule has 0 aliphatic heterocycles. The molecule has 140 valence electrons. The molecule has 7 nitrogen and oxygen atoms in total. The van der Waals surface area contributed by atoms with Gasteiger partial charge in [0.15, 0.2) is 5.82 Å². The maximum Gasteiger partial charge on any atom is 0.260 e. The number of nitrogens with zero attached hydrogens (tertiary/aromatic N) is 5. The van der Waals surface area contributed by atoms with E-state index in [2.05, 4.69) is 20.5 Å². The van der Waals surface area contributed by atoms with Crippen LogP contribution in [0.3, 0.4) is 0 Å². The number of anilines is 1. The van der Waals surface area contributed by atoms with Crippen molar-refractivity contribution in [3.63, 3.8) is 0 Å². The van der Waals surface area contributed by atoms with E-state index in [0.29, 0.717) is 17.3 Å². The number of nitrogens with one attached hydrogen (secondary N) is 1. The highest BCUT2D eigenvalue weighted by atomic mass is 16.1. The molecular weight excluding hydrogens is 340 g/mol. The Kier molecular flexibility index (Phi) is 5.27. The summed E-state index contributed by atoms with van der Waals surface area (Å²) in [5.74, 6) is 1.07. The van der Waals surface area contributed by atoms with Crippen LogP contribution in [0.1, 0.15) is 41.6 Å². The minimum atomic E-state index is -0.174. The number of hydrogen-bond acceptors (Lipinski definition) is 4. The summed E-state index contributed by atoms with van der Waals surface area (Å²) in [7, 11) is 0. The molecule has 0 saturated heterocycles. The lowest BCUT2D eigenvalue weighted by molar-refractivity contribution is 0.102. The molecule has 0 spiro atoms. The predicted octanol–water partition coefficient (Wildman–Crippen LogP) is 3.16. The van der Waals surface area contributed by atoms with Crippen LogP contribution in [0.4, 0.5) is 5.82 Å². The summed E-state index contributed by atoms with van der Waals surface area (Å²) in [5, 5.41) is 11.6. The first-order chi connectivity index (χ1) is 13.3. The van der Waals surface area contributed by atoms with Crippen molar-refractivity contribution in [2.75, 3.05) is 5.32 Å². The molecule has 3 aromatic heterocycles. The molecule has 0 unspecified atom stereocenters. The van der Waals surface area contributed by atoms with E-state index in [4.69, 9.17) is 0 Å². The zero-order valence-corrected chi connectivity index (χ0v) is 15.3. The van der Waals surface area contributed by atoms with Gasteiger partial charge in [0, 0.05) is 43.9 Å². The Morgan fingerprint density at radius 3 is 2.78 bits per heavy atom. The maximum atomic E-state index is 12.4. The molecule has 1 N–H and O–H groups in total. The van der Waals surface area contributed by atoms with Crippen LogP contribution in [0.15, 0.2) is 49.2 Å². The molecule has 1 aliphatic rings. The number of aryl methyl sites for hydroxylation is 2. The van der Waals surface area contributed by atoms with Crippen LogP contribution >= 0.6 is 0 Å². The van der Waals surface area contributed by atoms with Crippen molar-refractivity contribution in [1.82, 2.24) is 24.5 Å². The van der Waals surface area contributed by atoms with Crippen LogP contribution in [-0.4, -0.2) is 30.5 Å². The Morgan fingerprint density at radius 1 is 1.15 bits per heavy atom. The minimum absolute atomic E-state index is 0.174. The fraction of sp³-hybridized carbons (Fsp3) is 0.400. The van der Waals surface area contributed by atoms with E-state index in [1.807, 2.05) is 40.0 Å². The van der Waals surface area contributed by atoms with Gasteiger partial charge in [-0.2, -0.15) is 10.2 Å². The summed E-state index contributed by atoms with van der Waals surface area (Å²) >= 11 is 0. The summed E-state index contributed by atoms with van der Waals surface area (Å²) < 4.78 is 3.72. The second-order valence-corrected chi connectivity index (χ2v) is 7.13. The van der Waals surface area contributed by atoms with Crippen LogP contribution in [0, 0.1) is 5.92 Å². The number of rotatable bonds is 7. The lowest BCUT2D eigenvalue weighted by Crippen LogP contribution is -2.13. The third-order valence-corrected chi connectivity index (χ3v) is 5.08. The average Bonchev–Trinajstić information content (AvgIpc) is 3.44. The Morgan fingerprint density at radius 2 is 1.96 bits per heavy atom. The zero-order chi connectivity index (χ0) is 18.5. The molecule has 1 aliphatic carbocycles. The van der Waals surface area contributed by atoms with Gasteiger partial charge in [0.25, 0.3) is 5.91 Å². The Labute approximate surface area is 158 Å². The second kappa shape index (κ2) is 8.16. The van der Waals surface area contributed by atoms with E-state index >= 15 is 0 Å². The van der Waals surface area contributed by atoms with Crippen molar-refractivity contribution in [3.05, 3.63) is 60.3 Å². The van der Waals surface area contributed by atoms with E-state index in [9.17, 15) is 4.79 Å². The molecule has 4 rings (SSSR count). The monoisotopic (exact) mass is 364 g/mol. The number of carbonyl (C=O) groups excluding carboxylic acids is 1. The highest BCUT2D eigenvalue weighted by Gasteiger charge is 2.17. The first-order valence-corrected chi connectivity index (χ1v) is 9.52. The standard InChI is InChI=1S/C20H24N6O/c27-20(18-13-22-26(15-18)14-17-3-1-2-4-17)23-19-8-12-25(24-19)11-7-16-5-9-21-10-6-16/h5-6,8-10,12-13,15,17H,1-4,7,11,14H2,(H,23,24,27). The molecule has 3 heterocycles. The van der Waals surface area contributed by atoms with Crippen molar-refractivity contribution < 1.29 is 4.79 Å². The number of pyridine rings is 1. The molecule has 27 heavy (non-hydrogen) atoms. The molecule has 1 amide bonds. The van der Waals surface area contributed by atoms with Gasteiger partial charge < -0.3 is 5.32 Å². The first kappa shape index (κ1) is 17.5. The van der Waals surface area contributed by atoms with Gasteiger partial charge in [0.05, 0.1) is 11.8 Å². The van der Waals surface area contributed by atoms with E-state index in [1.165, 1.54) is 31.2 Å². The van der Waals surface area contributed by atoms with Gasteiger partial charge in [-0.25, -0.2) is 0 Å². The van der Waals surface area contributed by atoms with Gasteiger partial charge in [-0.15, -0.1) is 0 Å². The quantitative estimate of drug-likeness (QED) is 0.698. The minimum Gasteiger partial charge on any atom is -0.305 e. The number of amides is 1. The van der Waals surface area contributed by atoms with Crippen molar-refractivity contribution in [3.8, 4) is 0 Å². The number of aromatic nitrogens is 5. The first-order valence-electron chi connectivity index (χ1n) is 9.52. The molecule has 0 aromatic carbocycles. The average molecular weight is 364 g/mol. The molecule has 0 atom stereocenters. The zero-order valence-electron chi connectivity index (χ0n) is 15.3. The summed E-state index contributed by atoms with van der Waals surface area (Å²) in [4.78, 5) is 16.5. The fourth-order valence-corrected chi connectivity index (χ4v) is 3.57. The Bertz CT molecular complexity index is 879. The van der Waals surface area contributed by atoms with Crippen LogP contribution < -0.4 is 5.32 Å². The molecular formula is C20H24N6O. The van der Waals surface area contributed by atoms with Crippen molar-refractivity contribution in [2.45, 2.75) is 45.2 Å². The van der Waals surface area contributed by atoms with Gasteiger partial charge in [0.1, 0.15) is 0 Å². The second-order valence-electron chi connectivity index (χ2n) is 7.13. The lowest BCUT2D eigenvalue weighted by atomic mass is 10.1. The van der Waals surface area contributed by atoms with Gasteiger partial charge in [-0.3, -0.25) is 19.1 Å². The van der Waals surface area contributed by atoms with Crippen LogP contribution in [0.25, 0.3) is 0 Å². The molecule has 0 bridgehead atoms. The highest BCUT2D eigenvalue weighted by Crippen LogP contribution is 2.25. The lowest BCUT2D eigenvalue weighted by Gasteiger charge is -2.07. The normalized spacial score (nSPS) is 14.5. The van der Waals surface area contributed by atoms with Crippen LogP contribution in [0.5, 0.6) is 0 Å². The molecule has 7 heteroatoms. The van der Waals surface area contributed by atoms with Crippen molar-refractivity contribution in [1.29, 1.82) is 0 Å². The topological polar surface area (TPSA) is 77.6 Å². The van der Waals surface area contributed by atoms with E-state index in [1.54, 1.807) is 18.6 Å². The smallest absolute Gasteiger partial charge is 0.260 e. The number of carbonyl (C=O) groups is 1. The fourth-order valence-electron chi connectivity index (χ4n) is 3.57. The summed E-state index contributed by atoms with van der Waals surface area (Å²) in [5.41, 5.74) is 1.78. The Hall–Kier alpha value is -2.96. The Balaban J connectivity index is 1.30. The van der Waals surface area contributed by atoms with E-state index in [0.717, 1.165) is 19.5 Å². The summed E-state index contributed by atoms with van der Waals surface area (Å²) in [6.07, 6.45) is 14.9. The van der Waals surface area contributed by atoms with Gasteiger partial charge in [-0.05, 0) is 42.9 Å². The van der Waals surface area contributed by atoms with Crippen molar-refractivity contribution >= 4 is 11.7 Å². The highest BCUT2D eigenvalue weighted by molar-refractivity contribution is 6.03. The third-order valence-electron chi connectivity index (χ3n) is 5.08. The molecule has 1 saturated carbocycles. The molecule has 0 radical (unpaired) electrons. The molecule has 1 fully saturated rings. The van der Waals surface area contributed by atoms with Gasteiger partial charge in [-0.1, -0.05) is 12.8 Å². The maximum absolute atomic E-state index is 12.4. The largest absolute Gasteiger partial charge is 0.305 e. The van der Waals surface area contributed by atoms with E-state index < -0.39 is 0 Å². The van der Waals surface area contributed by atoms with Gasteiger partial charge in [0.2, 0.25) is 0 Å². The molecule has 3 aromatic rings. The van der Waals surface area contributed by atoms with E-state index in [-0.39, 0.29) is 5.91 Å². The third kappa shape index (κ3) is 4.61. The summed E-state index contributed by atoms with van der Waals surface area (Å²) in [6, 6.07) is 5.80. The summed E-state index contributed by atoms with van der Waals surface area (Å²) in [6.45, 7) is 1.65.